The molecule has 0 aromatic heterocycles. The number of carbonyl (C=O) groups excluding carboxylic acids is 1. The molecule has 0 aliphatic carbocycles. The lowest BCUT2D eigenvalue weighted by Crippen LogP contribution is -2.39. The van der Waals surface area contributed by atoms with E-state index in [4.69, 9.17) is 0 Å². The Kier molecular flexibility index (Phi) is 3.08. The van der Waals surface area contributed by atoms with Gasteiger partial charge in [0.1, 0.15) is 0 Å². The van der Waals surface area contributed by atoms with Crippen LogP contribution >= 0.6 is 22.6 Å². The lowest BCUT2D eigenvalue weighted by molar-refractivity contribution is 0.0737. The first kappa shape index (κ1) is 11.5. The number of carbonyl (C=O) groups is 1. The fourth-order valence-corrected chi connectivity index (χ4v) is 3.43. The lowest BCUT2D eigenvalue weighted by atomic mass is 10.0. The first-order chi connectivity index (χ1) is 8.25. The molecule has 2 aliphatic heterocycles. The third-order valence-electron chi connectivity index (χ3n) is 3.78. The SMILES string of the molecule is O=C(c1cccc(I)c1)N1CC[C@H]2CNC[C@H]21. The maximum Gasteiger partial charge on any atom is 0.254 e. The van der Waals surface area contributed by atoms with Gasteiger partial charge in [-0.3, -0.25) is 4.79 Å². The molecular weight excluding hydrogens is 327 g/mol. The van der Waals surface area contributed by atoms with Gasteiger partial charge in [0.15, 0.2) is 0 Å². The quantitative estimate of drug-likeness (QED) is 0.789. The van der Waals surface area contributed by atoms with Crippen molar-refractivity contribution in [1.82, 2.24) is 10.2 Å². The van der Waals surface area contributed by atoms with Gasteiger partial charge < -0.3 is 10.2 Å². The Hall–Kier alpha value is -0.620. The molecule has 0 bridgehead atoms. The molecule has 17 heavy (non-hydrogen) atoms. The van der Waals surface area contributed by atoms with E-state index in [9.17, 15) is 4.79 Å². The molecule has 1 aromatic rings. The summed E-state index contributed by atoms with van der Waals surface area (Å²) in [5, 5.41) is 3.38. The highest BCUT2D eigenvalue weighted by atomic mass is 127. The van der Waals surface area contributed by atoms with Crippen LogP contribution in [0.1, 0.15) is 16.8 Å². The molecule has 2 fully saturated rings. The molecule has 1 amide bonds. The van der Waals surface area contributed by atoms with Crippen molar-refractivity contribution in [2.45, 2.75) is 12.5 Å². The van der Waals surface area contributed by atoms with E-state index in [1.807, 2.05) is 24.3 Å². The zero-order valence-electron chi connectivity index (χ0n) is 9.53. The largest absolute Gasteiger partial charge is 0.334 e. The maximum absolute atomic E-state index is 12.4. The van der Waals surface area contributed by atoms with Crippen LogP contribution in [0.15, 0.2) is 24.3 Å². The number of likely N-dealkylation sites (tertiary alicyclic amines) is 1. The Morgan fingerprint density at radius 1 is 1.41 bits per heavy atom. The van der Waals surface area contributed by atoms with Crippen LogP contribution in [-0.4, -0.2) is 36.5 Å². The molecule has 0 radical (unpaired) electrons. The van der Waals surface area contributed by atoms with Gasteiger partial charge in [-0.1, -0.05) is 6.07 Å². The number of rotatable bonds is 1. The number of hydrogen-bond donors (Lipinski definition) is 1. The highest BCUT2D eigenvalue weighted by Gasteiger charge is 2.39. The van der Waals surface area contributed by atoms with Gasteiger partial charge in [0.05, 0.1) is 0 Å². The van der Waals surface area contributed by atoms with E-state index in [2.05, 4.69) is 32.8 Å². The normalized spacial score (nSPS) is 27.2. The molecule has 1 N–H and O–H groups in total. The van der Waals surface area contributed by atoms with Gasteiger partial charge in [-0.2, -0.15) is 0 Å². The van der Waals surface area contributed by atoms with Gasteiger partial charge in [0, 0.05) is 34.8 Å². The highest BCUT2D eigenvalue weighted by molar-refractivity contribution is 14.1. The van der Waals surface area contributed by atoms with E-state index >= 15 is 0 Å². The van der Waals surface area contributed by atoms with Gasteiger partial charge in [0.25, 0.3) is 5.91 Å². The first-order valence-corrected chi connectivity index (χ1v) is 7.11. The first-order valence-electron chi connectivity index (χ1n) is 6.03. The third-order valence-corrected chi connectivity index (χ3v) is 4.45. The van der Waals surface area contributed by atoms with Crippen LogP contribution in [0.3, 0.4) is 0 Å². The molecule has 3 rings (SSSR count). The minimum absolute atomic E-state index is 0.194. The van der Waals surface area contributed by atoms with Crippen LogP contribution in [0.25, 0.3) is 0 Å². The smallest absolute Gasteiger partial charge is 0.254 e. The summed E-state index contributed by atoms with van der Waals surface area (Å²) in [5.74, 6) is 0.862. The number of nitrogens with zero attached hydrogens (tertiary/aromatic N) is 1. The maximum atomic E-state index is 12.4. The predicted octanol–water partition coefficient (Wildman–Crippen LogP) is 1.73. The average molecular weight is 342 g/mol. The summed E-state index contributed by atoms with van der Waals surface area (Å²) in [4.78, 5) is 14.5. The summed E-state index contributed by atoms with van der Waals surface area (Å²) in [6.45, 7) is 2.95. The van der Waals surface area contributed by atoms with Gasteiger partial charge in [-0.25, -0.2) is 0 Å². The van der Waals surface area contributed by atoms with E-state index in [1.54, 1.807) is 0 Å². The summed E-state index contributed by atoms with van der Waals surface area (Å²) in [6, 6.07) is 8.27. The average Bonchev–Trinajstić information content (AvgIpc) is 2.89. The predicted molar refractivity (Wildman–Crippen MR) is 75.0 cm³/mol. The zero-order valence-corrected chi connectivity index (χ0v) is 11.7. The second-order valence-electron chi connectivity index (χ2n) is 4.78. The van der Waals surface area contributed by atoms with Crippen molar-refractivity contribution in [3.05, 3.63) is 33.4 Å². The molecule has 2 heterocycles. The van der Waals surface area contributed by atoms with Crippen molar-refractivity contribution in [3.8, 4) is 0 Å². The summed E-state index contributed by atoms with van der Waals surface area (Å²) in [5.41, 5.74) is 0.824. The van der Waals surface area contributed by atoms with Gasteiger partial charge in [0.2, 0.25) is 0 Å². The van der Waals surface area contributed by atoms with Crippen LogP contribution in [0.4, 0.5) is 0 Å². The fraction of sp³-hybridized carbons (Fsp3) is 0.462. The van der Waals surface area contributed by atoms with Crippen LogP contribution < -0.4 is 5.32 Å². The summed E-state index contributed by atoms with van der Waals surface area (Å²) < 4.78 is 1.12. The number of halogens is 1. The van der Waals surface area contributed by atoms with Gasteiger partial charge in [-0.05, 0) is 53.1 Å². The molecule has 2 saturated heterocycles. The number of hydrogen-bond acceptors (Lipinski definition) is 2. The van der Waals surface area contributed by atoms with E-state index < -0.39 is 0 Å². The third kappa shape index (κ3) is 2.08. The second-order valence-corrected chi connectivity index (χ2v) is 6.03. The van der Waals surface area contributed by atoms with Crippen LogP contribution in [0.5, 0.6) is 0 Å². The van der Waals surface area contributed by atoms with Gasteiger partial charge in [-0.15, -0.1) is 0 Å². The molecule has 4 heteroatoms. The summed E-state index contributed by atoms with van der Waals surface area (Å²) in [7, 11) is 0. The monoisotopic (exact) mass is 342 g/mol. The van der Waals surface area contributed by atoms with Crippen LogP contribution in [-0.2, 0) is 0 Å². The number of fused-ring (bicyclic) bond motifs is 1. The topological polar surface area (TPSA) is 32.3 Å². The van der Waals surface area contributed by atoms with E-state index in [-0.39, 0.29) is 5.91 Å². The number of nitrogens with one attached hydrogen (secondary N) is 1. The standard InChI is InChI=1S/C13H15IN2O/c14-11-3-1-2-9(6-11)13(17)16-5-4-10-7-15-8-12(10)16/h1-3,6,10,12,15H,4-5,7-8H2/t10-,12+/m0/s1. The van der Waals surface area contributed by atoms with Crippen molar-refractivity contribution >= 4 is 28.5 Å². The molecule has 90 valence electrons. The minimum atomic E-state index is 0.194. The Balaban J connectivity index is 1.83. The Bertz CT molecular complexity index is 449. The molecule has 2 aliphatic rings. The molecular formula is C13H15IN2O. The fourth-order valence-electron chi connectivity index (χ4n) is 2.89. The van der Waals surface area contributed by atoms with Gasteiger partial charge >= 0.3 is 0 Å². The van der Waals surface area contributed by atoms with Crippen molar-refractivity contribution in [1.29, 1.82) is 0 Å². The lowest BCUT2D eigenvalue weighted by Gasteiger charge is -2.23. The van der Waals surface area contributed by atoms with Crippen molar-refractivity contribution in [3.63, 3.8) is 0 Å². The van der Waals surface area contributed by atoms with Crippen molar-refractivity contribution in [2.75, 3.05) is 19.6 Å². The van der Waals surface area contributed by atoms with E-state index in [0.29, 0.717) is 12.0 Å². The molecule has 3 nitrogen and oxygen atoms in total. The Morgan fingerprint density at radius 2 is 2.29 bits per heavy atom. The highest BCUT2D eigenvalue weighted by Crippen LogP contribution is 2.28. The molecule has 1 aromatic carbocycles. The van der Waals surface area contributed by atoms with E-state index in [0.717, 1.165) is 35.2 Å². The molecule has 0 saturated carbocycles. The number of benzene rings is 1. The zero-order chi connectivity index (χ0) is 11.8. The van der Waals surface area contributed by atoms with Crippen LogP contribution in [0.2, 0.25) is 0 Å². The Morgan fingerprint density at radius 3 is 3.12 bits per heavy atom. The number of amides is 1. The van der Waals surface area contributed by atoms with Crippen molar-refractivity contribution < 1.29 is 4.79 Å². The molecule has 0 spiro atoms. The molecule has 2 atom stereocenters. The molecule has 0 unspecified atom stereocenters. The second kappa shape index (κ2) is 4.57. The summed E-state index contributed by atoms with van der Waals surface area (Å²) in [6.07, 6.45) is 1.15. The Labute approximate surface area is 115 Å². The van der Waals surface area contributed by atoms with Crippen molar-refractivity contribution in [2.24, 2.45) is 5.92 Å². The van der Waals surface area contributed by atoms with Crippen LogP contribution in [0, 0.1) is 9.49 Å². The van der Waals surface area contributed by atoms with E-state index in [1.165, 1.54) is 0 Å². The summed E-state index contributed by atoms with van der Waals surface area (Å²) >= 11 is 2.25. The minimum Gasteiger partial charge on any atom is -0.334 e.